The molecule has 0 atom stereocenters. The van der Waals surface area contributed by atoms with Gasteiger partial charge in [-0.05, 0) is 67.4 Å². The van der Waals surface area contributed by atoms with Gasteiger partial charge in [0.2, 0.25) is 0 Å². The molecule has 0 aliphatic carbocycles. The lowest BCUT2D eigenvalue weighted by molar-refractivity contribution is -0.123. The number of nitrogens with zero attached hydrogens (tertiary/aromatic N) is 2. The maximum atomic E-state index is 12.2. The average Bonchev–Trinajstić information content (AvgIpc) is 3.19. The minimum atomic E-state index is -0.184. The summed E-state index contributed by atoms with van der Waals surface area (Å²) in [6, 6.07) is 21.0. The molecule has 4 rings (SSSR count). The minimum absolute atomic E-state index is 0.0538. The minimum Gasteiger partial charge on any atom is -0.491 e. The molecule has 0 bridgehead atoms. The Morgan fingerprint density at radius 3 is 2.62 bits per heavy atom. The molecule has 1 amide bonds. The van der Waals surface area contributed by atoms with Crippen molar-refractivity contribution in [3.63, 3.8) is 0 Å². The van der Waals surface area contributed by atoms with E-state index in [0.717, 1.165) is 28.2 Å². The fraction of sp³-hybridized carbons (Fsp3) is 0.259. The van der Waals surface area contributed by atoms with Gasteiger partial charge < -0.3 is 19.4 Å². The van der Waals surface area contributed by atoms with Gasteiger partial charge in [0.1, 0.15) is 23.9 Å². The van der Waals surface area contributed by atoms with Crippen LogP contribution in [0.1, 0.15) is 17.0 Å². The van der Waals surface area contributed by atoms with E-state index in [1.54, 1.807) is 24.3 Å². The first-order valence-corrected chi connectivity index (χ1v) is 11.7. The van der Waals surface area contributed by atoms with Gasteiger partial charge in [0.05, 0.1) is 17.6 Å². The fourth-order valence-corrected chi connectivity index (χ4v) is 3.86. The van der Waals surface area contributed by atoms with Gasteiger partial charge in [-0.1, -0.05) is 35.9 Å². The van der Waals surface area contributed by atoms with Crippen LogP contribution < -0.4 is 14.8 Å². The van der Waals surface area contributed by atoms with Gasteiger partial charge in [-0.25, -0.2) is 4.98 Å². The van der Waals surface area contributed by atoms with Crippen molar-refractivity contribution in [1.29, 1.82) is 0 Å². The van der Waals surface area contributed by atoms with Crippen LogP contribution in [0.5, 0.6) is 11.5 Å². The zero-order chi connectivity index (χ0) is 23.9. The van der Waals surface area contributed by atoms with Crippen molar-refractivity contribution in [2.75, 3.05) is 19.8 Å². The normalized spacial score (nSPS) is 10.9. The molecule has 0 aliphatic rings. The number of amides is 1. The van der Waals surface area contributed by atoms with Crippen molar-refractivity contribution in [2.45, 2.75) is 26.8 Å². The summed E-state index contributed by atoms with van der Waals surface area (Å²) in [7, 11) is 0. The molecule has 1 aromatic heterocycles. The second-order valence-corrected chi connectivity index (χ2v) is 8.49. The molecule has 3 aromatic carbocycles. The molecule has 7 heteroatoms. The summed E-state index contributed by atoms with van der Waals surface area (Å²) in [6.07, 6.45) is 0.602. The Labute approximate surface area is 204 Å². The zero-order valence-electron chi connectivity index (χ0n) is 19.4. The van der Waals surface area contributed by atoms with E-state index in [4.69, 9.17) is 26.1 Å². The number of carbonyl (C=O) groups is 1. The maximum absolute atomic E-state index is 12.2. The van der Waals surface area contributed by atoms with E-state index < -0.39 is 0 Å². The lowest BCUT2D eigenvalue weighted by atomic mass is 10.1. The van der Waals surface area contributed by atoms with E-state index in [0.29, 0.717) is 36.9 Å². The highest BCUT2D eigenvalue weighted by Crippen LogP contribution is 2.21. The van der Waals surface area contributed by atoms with E-state index in [1.807, 2.05) is 30.3 Å². The van der Waals surface area contributed by atoms with Gasteiger partial charge in [0.15, 0.2) is 6.61 Å². The second kappa shape index (κ2) is 11.1. The molecule has 0 radical (unpaired) electrons. The summed E-state index contributed by atoms with van der Waals surface area (Å²) in [5.74, 6) is 2.23. The molecule has 6 nitrogen and oxygen atoms in total. The van der Waals surface area contributed by atoms with Crippen LogP contribution >= 0.6 is 11.6 Å². The number of hydrogen-bond donors (Lipinski definition) is 1. The highest BCUT2D eigenvalue weighted by atomic mass is 35.5. The molecule has 0 aliphatic heterocycles. The molecule has 176 valence electrons. The number of hydrogen-bond acceptors (Lipinski definition) is 4. The number of halogens is 1. The Morgan fingerprint density at radius 2 is 1.79 bits per heavy atom. The van der Waals surface area contributed by atoms with E-state index in [9.17, 15) is 4.79 Å². The quantitative estimate of drug-likeness (QED) is 0.344. The van der Waals surface area contributed by atoms with Crippen molar-refractivity contribution in [3.8, 4) is 11.5 Å². The lowest BCUT2D eigenvalue weighted by Crippen LogP contribution is -2.31. The molecule has 1 heterocycles. The van der Waals surface area contributed by atoms with Crippen molar-refractivity contribution in [3.05, 3.63) is 88.7 Å². The Hall–Kier alpha value is -3.51. The second-order valence-electron chi connectivity index (χ2n) is 8.06. The smallest absolute Gasteiger partial charge is 0.257 e. The predicted octanol–water partition coefficient (Wildman–Crippen LogP) is 5.12. The van der Waals surface area contributed by atoms with Crippen LogP contribution in [0.15, 0.2) is 66.7 Å². The Bertz CT molecular complexity index is 1270. The van der Waals surface area contributed by atoms with Crippen molar-refractivity contribution >= 4 is 28.5 Å². The summed E-state index contributed by atoms with van der Waals surface area (Å²) >= 11 is 5.87. The topological polar surface area (TPSA) is 65.4 Å². The average molecular weight is 478 g/mol. The summed E-state index contributed by atoms with van der Waals surface area (Å²) in [5.41, 5.74) is 4.35. The van der Waals surface area contributed by atoms with Gasteiger partial charge >= 0.3 is 0 Å². The molecular weight excluding hydrogens is 450 g/mol. The number of benzene rings is 3. The number of para-hydroxylation sites is 2. The molecule has 0 fully saturated rings. The molecule has 0 spiro atoms. The van der Waals surface area contributed by atoms with Crippen LogP contribution in [-0.4, -0.2) is 35.2 Å². The van der Waals surface area contributed by atoms with Crippen LogP contribution in [0.3, 0.4) is 0 Å². The van der Waals surface area contributed by atoms with Crippen molar-refractivity contribution < 1.29 is 14.3 Å². The summed E-state index contributed by atoms with van der Waals surface area (Å²) in [5, 5.41) is 3.53. The summed E-state index contributed by atoms with van der Waals surface area (Å²) < 4.78 is 13.7. The van der Waals surface area contributed by atoms with Gasteiger partial charge in [-0.2, -0.15) is 0 Å². The highest BCUT2D eigenvalue weighted by Gasteiger charge is 2.12. The number of rotatable bonds is 10. The van der Waals surface area contributed by atoms with Gasteiger partial charge in [0.25, 0.3) is 5.91 Å². The number of imidazole rings is 1. The number of aromatic nitrogens is 2. The van der Waals surface area contributed by atoms with Crippen molar-refractivity contribution in [1.82, 2.24) is 14.9 Å². The van der Waals surface area contributed by atoms with Crippen LogP contribution in [-0.2, 0) is 17.8 Å². The maximum Gasteiger partial charge on any atom is 0.257 e. The largest absolute Gasteiger partial charge is 0.491 e. The third-order valence-corrected chi connectivity index (χ3v) is 5.97. The number of nitrogens with one attached hydrogen (secondary N) is 1. The summed E-state index contributed by atoms with van der Waals surface area (Å²) in [6.45, 7) is 5.75. The molecule has 1 N–H and O–H groups in total. The first-order chi connectivity index (χ1) is 16.5. The number of fused-ring (bicyclic) bond motifs is 1. The van der Waals surface area contributed by atoms with E-state index in [2.05, 4.69) is 35.9 Å². The summed E-state index contributed by atoms with van der Waals surface area (Å²) in [4.78, 5) is 17.0. The number of ether oxygens (including phenoxy) is 2. The van der Waals surface area contributed by atoms with E-state index in [-0.39, 0.29) is 12.5 Å². The van der Waals surface area contributed by atoms with Gasteiger partial charge in [-0.15, -0.1) is 0 Å². The zero-order valence-corrected chi connectivity index (χ0v) is 20.1. The molecule has 0 unspecified atom stereocenters. The molecule has 4 aromatic rings. The Balaban J connectivity index is 1.34. The Morgan fingerprint density at radius 1 is 1.00 bits per heavy atom. The molecular formula is C27H28ClN3O3. The van der Waals surface area contributed by atoms with E-state index >= 15 is 0 Å². The number of aryl methyl sites for hydroxylation is 1. The SMILES string of the molecule is Cc1cccc(OCCn2c(CCNC(=O)COc3ccc(Cl)cc3)nc3ccccc32)c1C. The first-order valence-electron chi connectivity index (χ1n) is 11.3. The Kier molecular flexibility index (Phi) is 7.70. The number of carbonyl (C=O) groups excluding carboxylic acids is 1. The molecule has 0 saturated carbocycles. The van der Waals surface area contributed by atoms with Crippen LogP contribution in [0, 0.1) is 13.8 Å². The van der Waals surface area contributed by atoms with Crippen molar-refractivity contribution in [2.24, 2.45) is 0 Å². The monoisotopic (exact) mass is 477 g/mol. The fourth-order valence-electron chi connectivity index (χ4n) is 3.74. The lowest BCUT2D eigenvalue weighted by Gasteiger charge is -2.13. The van der Waals surface area contributed by atoms with Gasteiger partial charge in [0, 0.05) is 18.0 Å². The molecule has 0 saturated heterocycles. The highest BCUT2D eigenvalue weighted by molar-refractivity contribution is 6.30. The van der Waals surface area contributed by atoms with Crippen LogP contribution in [0.2, 0.25) is 5.02 Å². The standard InChI is InChI=1S/C27H28ClN3O3/c1-19-6-5-9-25(20(19)2)33-17-16-31-24-8-4-3-7-23(24)30-26(31)14-15-29-27(32)18-34-22-12-10-21(28)11-13-22/h3-13H,14-18H2,1-2H3,(H,29,32). The third kappa shape index (κ3) is 5.88. The predicted molar refractivity (Wildman–Crippen MR) is 135 cm³/mol. The van der Waals surface area contributed by atoms with Crippen LogP contribution in [0.25, 0.3) is 11.0 Å². The van der Waals surface area contributed by atoms with Crippen LogP contribution in [0.4, 0.5) is 0 Å². The molecule has 34 heavy (non-hydrogen) atoms. The first kappa shape index (κ1) is 23.6. The van der Waals surface area contributed by atoms with E-state index in [1.165, 1.54) is 5.56 Å². The third-order valence-electron chi connectivity index (χ3n) is 5.72. The van der Waals surface area contributed by atoms with Gasteiger partial charge in [-0.3, -0.25) is 4.79 Å².